The monoisotopic (exact) mass is 408 g/mol. The minimum atomic E-state index is -0.921. The average Bonchev–Trinajstić information content (AvgIpc) is 2.83. The average molecular weight is 409 g/mol. The first-order chi connectivity index (χ1) is 11.8. The number of nitrogens with two attached hydrogens (primary N) is 1. The molecule has 1 saturated heterocycles. The third kappa shape index (κ3) is 2.67. The van der Waals surface area contributed by atoms with Crippen molar-refractivity contribution in [2.24, 2.45) is 10.7 Å². The van der Waals surface area contributed by atoms with Crippen molar-refractivity contribution in [2.45, 2.75) is 37.5 Å². The fraction of sp³-hybridized carbons (Fsp3) is 0.529. The molecule has 1 fully saturated rings. The van der Waals surface area contributed by atoms with E-state index >= 15 is 0 Å². The first-order valence-corrected chi connectivity index (χ1v) is 9.15. The van der Waals surface area contributed by atoms with Crippen molar-refractivity contribution in [3.63, 3.8) is 0 Å². The number of hydrogen-bond acceptors (Lipinski definition) is 6. The van der Waals surface area contributed by atoms with Gasteiger partial charge in [-0.15, -0.1) is 0 Å². The van der Waals surface area contributed by atoms with Crippen LogP contribution in [0.25, 0.3) is 0 Å². The van der Waals surface area contributed by atoms with Gasteiger partial charge in [0.15, 0.2) is 0 Å². The molecule has 2 spiro atoms. The van der Waals surface area contributed by atoms with E-state index in [9.17, 15) is 4.79 Å². The van der Waals surface area contributed by atoms with Crippen LogP contribution in [0.3, 0.4) is 0 Å². The number of halogens is 1. The summed E-state index contributed by atoms with van der Waals surface area (Å²) in [7, 11) is 1.75. The molecule has 1 aromatic rings. The largest absolute Gasteiger partial charge is 0.485 e. The van der Waals surface area contributed by atoms with Crippen molar-refractivity contribution in [3.05, 3.63) is 28.2 Å². The Morgan fingerprint density at radius 3 is 2.92 bits per heavy atom. The van der Waals surface area contributed by atoms with Gasteiger partial charge < -0.3 is 15.4 Å². The Morgan fingerprint density at radius 2 is 2.24 bits per heavy atom. The summed E-state index contributed by atoms with van der Waals surface area (Å²) in [6.07, 6.45) is 2.24. The number of guanidine groups is 1. The Labute approximate surface area is 154 Å². The van der Waals surface area contributed by atoms with Crippen LogP contribution < -0.4 is 10.5 Å². The predicted molar refractivity (Wildman–Crippen MR) is 95.8 cm³/mol. The fourth-order valence-electron chi connectivity index (χ4n) is 4.02. The summed E-state index contributed by atoms with van der Waals surface area (Å²) in [6.45, 7) is 2.88. The number of rotatable bonds is 0. The van der Waals surface area contributed by atoms with E-state index < -0.39 is 11.3 Å². The minimum absolute atomic E-state index is 0.0609. The van der Waals surface area contributed by atoms with Gasteiger partial charge in [0.25, 0.3) is 0 Å². The second kappa shape index (κ2) is 5.60. The van der Waals surface area contributed by atoms with Gasteiger partial charge >= 0.3 is 0 Å². The number of aliphatic imine (C=N–C) groups is 1. The Kier molecular flexibility index (Phi) is 3.73. The van der Waals surface area contributed by atoms with Crippen molar-refractivity contribution in [2.75, 3.05) is 20.1 Å². The van der Waals surface area contributed by atoms with E-state index in [1.54, 1.807) is 14.0 Å². The van der Waals surface area contributed by atoms with Crippen molar-refractivity contribution < 1.29 is 14.4 Å². The number of piperidine rings is 1. The van der Waals surface area contributed by atoms with Gasteiger partial charge in [-0.1, -0.05) is 15.9 Å². The molecule has 3 aliphatic heterocycles. The number of nitrogens with zero attached hydrogens (tertiary/aromatic N) is 3. The number of hydrogen-bond donors (Lipinski definition) is 1. The van der Waals surface area contributed by atoms with Gasteiger partial charge in [0.1, 0.15) is 11.4 Å². The molecule has 8 heteroatoms. The second-order valence-electron chi connectivity index (χ2n) is 6.99. The molecule has 0 saturated carbocycles. The molecular formula is C17H21BrN4O3. The molecule has 0 radical (unpaired) electrons. The minimum Gasteiger partial charge on any atom is -0.485 e. The lowest BCUT2D eigenvalue weighted by Crippen LogP contribution is -2.58. The topological polar surface area (TPSA) is 80.4 Å². The maximum atomic E-state index is 11.9. The molecule has 0 aliphatic carbocycles. The third-order valence-corrected chi connectivity index (χ3v) is 5.63. The first-order valence-electron chi connectivity index (χ1n) is 8.35. The molecule has 0 aromatic heterocycles. The number of benzene rings is 1. The van der Waals surface area contributed by atoms with Gasteiger partial charge in [-0.3, -0.25) is 4.79 Å². The van der Waals surface area contributed by atoms with E-state index in [0.717, 1.165) is 35.2 Å². The van der Waals surface area contributed by atoms with E-state index in [4.69, 9.17) is 15.3 Å². The summed E-state index contributed by atoms with van der Waals surface area (Å²) < 4.78 is 7.35. The van der Waals surface area contributed by atoms with Gasteiger partial charge in [-0.25, -0.2) is 14.9 Å². The van der Waals surface area contributed by atoms with Crippen molar-refractivity contribution in [1.82, 2.24) is 9.96 Å². The van der Waals surface area contributed by atoms with Gasteiger partial charge in [0, 0.05) is 31.4 Å². The van der Waals surface area contributed by atoms with Crippen LogP contribution in [0.2, 0.25) is 0 Å². The molecule has 7 nitrogen and oxygen atoms in total. The summed E-state index contributed by atoms with van der Waals surface area (Å²) in [6, 6.07) is 5.81. The maximum Gasteiger partial charge on any atom is 0.222 e. The van der Waals surface area contributed by atoms with Crippen molar-refractivity contribution >= 4 is 27.8 Å². The summed E-state index contributed by atoms with van der Waals surface area (Å²) >= 11 is 3.51. The van der Waals surface area contributed by atoms with E-state index in [0.29, 0.717) is 18.9 Å². The van der Waals surface area contributed by atoms with Crippen molar-refractivity contribution in [3.8, 4) is 5.75 Å². The van der Waals surface area contributed by atoms with Crippen LogP contribution in [0.4, 0.5) is 0 Å². The van der Waals surface area contributed by atoms with Gasteiger partial charge in [0.05, 0.1) is 12.1 Å². The van der Waals surface area contributed by atoms with Crippen LogP contribution in [0.5, 0.6) is 5.75 Å². The number of carbonyl (C=O) groups excluding carboxylic acids is 1. The summed E-state index contributed by atoms with van der Waals surface area (Å²) in [5.41, 5.74) is 5.40. The molecule has 0 bridgehead atoms. The molecule has 3 heterocycles. The van der Waals surface area contributed by atoms with Crippen LogP contribution >= 0.6 is 15.9 Å². The number of likely N-dealkylation sites (tertiary alicyclic amines) is 1. The van der Waals surface area contributed by atoms with E-state index in [1.807, 2.05) is 23.1 Å². The molecule has 4 rings (SSSR count). The van der Waals surface area contributed by atoms with Crippen LogP contribution in [-0.2, 0) is 15.4 Å². The number of amides is 1. The van der Waals surface area contributed by atoms with E-state index in [2.05, 4.69) is 20.9 Å². The molecule has 2 atom stereocenters. The molecule has 25 heavy (non-hydrogen) atoms. The zero-order valence-electron chi connectivity index (χ0n) is 14.3. The number of hydroxylamine groups is 2. The number of ether oxygens (including phenoxy) is 1. The summed E-state index contributed by atoms with van der Waals surface area (Å²) in [5, 5.41) is 1.50. The lowest BCUT2D eigenvalue weighted by Gasteiger charge is -2.49. The molecule has 1 amide bonds. The van der Waals surface area contributed by atoms with Gasteiger partial charge in [-0.2, -0.15) is 0 Å². The Morgan fingerprint density at radius 1 is 1.44 bits per heavy atom. The predicted octanol–water partition coefficient (Wildman–Crippen LogP) is 1.96. The highest BCUT2D eigenvalue weighted by molar-refractivity contribution is 9.10. The molecule has 3 aliphatic rings. The summed E-state index contributed by atoms with van der Waals surface area (Å²) in [5.74, 6) is 1.12. The molecule has 134 valence electrons. The zero-order chi connectivity index (χ0) is 17.8. The first kappa shape index (κ1) is 16.7. The highest BCUT2D eigenvalue weighted by Crippen LogP contribution is 2.51. The smallest absolute Gasteiger partial charge is 0.222 e. The van der Waals surface area contributed by atoms with E-state index in [1.165, 1.54) is 5.06 Å². The zero-order valence-corrected chi connectivity index (χ0v) is 15.9. The Balaban J connectivity index is 1.80. The Bertz CT molecular complexity index is 770. The molecule has 2 N–H and O–H groups in total. The molecule has 2 unspecified atom stereocenters. The highest BCUT2D eigenvalue weighted by atomic mass is 79.9. The maximum absolute atomic E-state index is 11.9. The lowest BCUT2D eigenvalue weighted by atomic mass is 9.79. The van der Waals surface area contributed by atoms with Crippen LogP contribution in [0.15, 0.2) is 27.7 Å². The summed E-state index contributed by atoms with van der Waals surface area (Å²) in [4.78, 5) is 24.5. The van der Waals surface area contributed by atoms with Crippen LogP contribution in [0.1, 0.15) is 31.7 Å². The molecular weight excluding hydrogens is 388 g/mol. The van der Waals surface area contributed by atoms with Crippen LogP contribution in [0, 0.1) is 0 Å². The van der Waals surface area contributed by atoms with Crippen molar-refractivity contribution in [1.29, 1.82) is 0 Å². The third-order valence-electron chi connectivity index (χ3n) is 5.14. The normalized spacial score (nSPS) is 31.1. The van der Waals surface area contributed by atoms with Gasteiger partial charge in [0.2, 0.25) is 17.6 Å². The van der Waals surface area contributed by atoms with Crippen LogP contribution in [-0.4, -0.2) is 47.6 Å². The Hall–Kier alpha value is -1.80. The van der Waals surface area contributed by atoms with Gasteiger partial charge in [-0.05, 0) is 31.0 Å². The van der Waals surface area contributed by atoms with E-state index in [-0.39, 0.29) is 5.91 Å². The standard InChI is InChI=1S/C17H21BrN4O3/c1-11(23)22-7-3-6-16(10-22)9-17(20-15(19)21(2)25-17)13-8-12(18)4-5-14(13)24-16/h4-5,8H,3,6-7,9-10H2,1-2H3,(H2,19,20). The second-order valence-corrected chi connectivity index (χ2v) is 7.91. The SMILES string of the molecule is CC(=O)N1CCCC2(C1)CC1(N=C(N)N(C)O1)c1cc(Br)ccc1O2. The molecule has 1 aromatic carbocycles. The lowest BCUT2D eigenvalue weighted by molar-refractivity contribution is -0.210. The highest BCUT2D eigenvalue weighted by Gasteiger charge is 2.55. The quantitative estimate of drug-likeness (QED) is 0.709. The number of fused-ring (bicyclic) bond motifs is 2. The number of carbonyl (C=O) groups is 1. The fourth-order valence-corrected chi connectivity index (χ4v) is 4.38.